The van der Waals surface area contributed by atoms with Gasteiger partial charge in [0.15, 0.2) is 0 Å². The zero-order chi connectivity index (χ0) is 24.5. The quantitative estimate of drug-likeness (QED) is 0.539. The minimum atomic E-state index is -0.545. The van der Waals surface area contributed by atoms with E-state index in [2.05, 4.69) is 47.5 Å². The van der Waals surface area contributed by atoms with E-state index in [1.807, 2.05) is 17.9 Å². The Morgan fingerprint density at radius 2 is 2.03 bits per heavy atom. The molecule has 1 unspecified atom stereocenters. The number of anilines is 1. The third-order valence-electron chi connectivity index (χ3n) is 8.35. The third-order valence-corrected chi connectivity index (χ3v) is 8.84. The van der Waals surface area contributed by atoms with Crippen molar-refractivity contribution >= 4 is 28.2 Å². The molecule has 3 aliphatic rings. The number of aryl methyl sites for hydroxylation is 2. The number of hydrogen-bond acceptors (Lipinski definition) is 5. The number of aliphatic hydroxyl groups excluding tert-OH is 1. The van der Waals surface area contributed by atoms with E-state index in [4.69, 9.17) is 16.3 Å². The van der Waals surface area contributed by atoms with E-state index in [-0.39, 0.29) is 5.41 Å². The molecule has 1 aromatic heterocycles. The van der Waals surface area contributed by atoms with Gasteiger partial charge in [0.2, 0.25) is 0 Å². The molecule has 2 aromatic carbocycles. The van der Waals surface area contributed by atoms with Crippen molar-refractivity contribution in [3.05, 3.63) is 58.3 Å². The highest BCUT2D eigenvalue weighted by atomic mass is 35.5. The molecule has 0 amide bonds. The number of benzene rings is 2. The molecule has 184 valence electrons. The van der Waals surface area contributed by atoms with Gasteiger partial charge in [-0.05, 0) is 72.7 Å². The van der Waals surface area contributed by atoms with Crippen LogP contribution in [0.5, 0.6) is 0 Å². The minimum Gasteiger partial charge on any atom is -0.376 e. The number of aliphatic hydroxyl groups is 1. The molecule has 6 rings (SSSR count). The van der Waals surface area contributed by atoms with Crippen LogP contribution in [0.4, 0.5) is 5.69 Å². The molecule has 0 bridgehead atoms. The molecule has 7 heteroatoms. The first-order valence-electron chi connectivity index (χ1n) is 12.5. The number of rotatable bonds is 4. The number of ether oxygens (including phenoxy) is 1. The number of nitrogens with zero attached hydrogens (tertiary/aromatic N) is 4. The van der Waals surface area contributed by atoms with Crippen LogP contribution in [-0.4, -0.2) is 58.8 Å². The summed E-state index contributed by atoms with van der Waals surface area (Å²) in [6.45, 7) is 13.3. The normalized spacial score (nSPS) is 20.3. The highest BCUT2D eigenvalue weighted by Gasteiger charge is 2.49. The first kappa shape index (κ1) is 23.0. The Bertz CT molecular complexity index is 1340. The van der Waals surface area contributed by atoms with Gasteiger partial charge in [-0.1, -0.05) is 18.2 Å². The smallest absolute Gasteiger partial charge is 0.126 e. The number of aromatic nitrogens is 2. The molecule has 3 aromatic rings. The summed E-state index contributed by atoms with van der Waals surface area (Å²) in [7, 11) is 1.99. The standard InChI is InChI=1S/C28H33ClN4O2/c1-5-23(34)33-15-28(16-33)7-8-32(14-28)22-11-19-6-9-35-13-21(19)24(18(22)3)25-26(29)17(2)10-20-12-30-31(4)27(20)25/h5,10-12,23,34H,1,6-9,13-16H2,2-4H3. The summed E-state index contributed by atoms with van der Waals surface area (Å²) in [5, 5.41) is 16.6. The van der Waals surface area contributed by atoms with Crippen molar-refractivity contribution in [3.8, 4) is 11.1 Å². The van der Waals surface area contributed by atoms with E-state index in [0.29, 0.717) is 6.61 Å². The van der Waals surface area contributed by atoms with Crippen molar-refractivity contribution in [2.24, 2.45) is 12.5 Å². The van der Waals surface area contributed by atoms with Crippen LogP contribution in [0.2, 0.25) is 5.02 Å². The summed E-state index contributed by atoms with van der Waals surface area (Å²) in [5.74, 6) is 0. The number of fused-ring (bicyclic) bond motifs is 2. The Hall–Kier alpha value is -2.38. The predicted octanol–water partition coefficient (Wildman–Crippen LogP) is 4.60. The van der Waals surface area contributed by atoms with Crippen LogP contribution in [0.1, 0.15) is 28.7 Å². The van der Waals surface area contributed by atoms with Gasteiger partial charge in [-0.3, -0.25) is 9.58 Å². The van der Waals surface area contributed by atoms with Crippen molar-refractivity contribution in [2.45, 2.75) is 39.5 Å². The van der Waals surface area contributed by atoms with Crippen LogP contribution < -0.4 is 4.90 Å². The van der Waals surface area contributed by atoms with Crippen molar-refractivity contribution in [1.29, 1.82) is 0 Å². The average Bonchev–Trinajstić information content (AvgIpc) is 3.43. The van der Waals surface area contributed by atoms with E-state index < -0.39 is 6.23 Å². The largest absolute Gasteiger partial charge is 0.376 e. The van der Waals surface area contributed by atoms with Gasteiger partial charge in [0, 0.05) is 55.3 Å². The van der Waals surface area contributed by atoms with Crippen LogP contribution in [0, 0.1) is 19.3 Å². The zero-order valence-corrected chi connectivity index (χ0v) is 21.5. The molecule has 6 nitrogen and oxygen atoms in total. The Kier molecular flexibility index (Phi) is 5.49. The fourth-order valence-electron chi connectivity index (χ4n) is 6.53. The highest BCUT2D eigenvalue weighted by molar-refractivity contribution is 6.36. The maximum absolute atomic E-state index is 10.1. The van der Waals surface area contributed by atoms with Gasteiger partial charge < -0.3 is 14.7 Å². The molecular weight excluding hydrogens is 460 g/mol. The molecule has 0 radical (unpaired) electrons. The molecule has 0 aliphatic carbocycles. The number of likely N-dealkylation sites (tertiary alicyclic amines) is 1. The van der Waals surface area contributed by atoms with Crippen LogP contribution in [0.3, 0.4) is 0 Å². The monoisotopic (exact) mass is 492 g/mol. The first-order valence-corrected chi connectivity index (χ1v) is 12.8. The van der Waals surface area contributed by atoms with E-state index in [1.165, 1.54) is 27.9 Å². The van der Waals surface area contributed by atoms with Gasteiger partial charge in [-0.25, -0.2) is 0 Å². The SMILES string of the molecule is C=CC(O)N1CC2(CCN(c3cc4c(c(-c5c(Cl)c(C)cc6cnn(C)c56)c3C)COCC4)C2)C1. The van der Waals surface area contributed by atoms with Gasteiger partial charge in [0.1, 0.15) is 6.23 Å². The summed E-state index contributed by atoms with van der Waals surface area (Å²) in [5.41, 5.74) is 9.82. The minimum absolute atomic E-state index is 0.242. The van der Waals surface area contributed by atoms with Gasteiger partial charge in [0.05, 0.1) is 29.9 Å². The lowest BCUT2D eigenvalue weighted by molar-refractivity contribution is -0.0786. The Labute approximate surface area is 211 Å². The third kappa shape index (κ3) is 3.53. The van der Waals surface area contributed by atoms with Gasteiger partial charge in [-0.2, -0.15) is 5.10 Å². The molecule has 2 fully saturated rings. The molecule has 1 atom stereocenters. The van der Waals surface area contributed by atoms with Crippen molar-refractivity contribution in [2.75, 3.05) is 37.7 Å². The number of halogens is 1. The topological polar surface area (TPSA) is 53.8 Å². The van der Waals surface area contributed by atoms with Gasteiger partial charge in [0.25, 0.3) is 0 Å². The second-order valence-corrected chi connectivity index (χ2v) is 11.0. The van der Waals surface area contributed by atoms with Crippen LogP contribution in [-0.2, 0) is 24.8 Å². The summed E-state index contributed by atoms with van der Waals surface area (Å²) in [6.07, 6.45) is 5.04. The van der Waals surface area contributed by atoms with Gasteiger partial charge in [-0.15, -0.1) is 0 Å². The lowest BCUT2D eigenvalue weighted by atomic mass is 9.79. The first-order chi connectivity index (χ1) is 16.8. The van der Waals surface area contributed by atoms with E-state index >= 15 is 0 Å². The Balaban J connectivity index is 1.48. The second-order valence-electron chi connectivity index (χ2n) is 10.7. The van der Waals surface area contributed by atoms with Crippen LogP contribution in [0.25, 0.3) is 22.0 Å². The fraction of sp³-hybridized carbons (Fsp3) is 0.464. The van der Waals surface area contributed by atoms with E-state index in [1.54, 1.807) is 6.08 Å². The maximum Gasteiger partial charge on any atom is 0.126 e. The molecule has 0 saturated carbocycles. The van der Waals surface area contributed by atoms with Crippen molar-refractivity contribution in [3.63, 3.8) is 0 Å². The van der Waals surface area contributed by atoms with E-state index in [9.17, 15) is 5.11 Å². The lowest BCUT2D eigenvalue weighted by Crippen LogP contribution is -2.60. The Morgan fingerprint density at radius 1 is 1.23 bits per heavy atom. The summed E-state index contributed by atoms with van der Waals surface area (Å²) >= 11 is 7.07. The zero-order valence-electron chi connectivity index (χ0n) is 20.8. The van der Waals surface area contributed by atoms with Crippen LogP contribution >= 0.6 is 11.6 Å². The molecular formula is C28H33ClN4O2. The molecule has 35 heavy (non-hydrogen) atoms. The lowest BCUT2D eigenvalue weighted by Gasteiger charge is -2.49. The second kappa shape index (κ2) is 8.34. The molecule has 4 heterocycles. The summed E-state index contributed by atoms with van der Waals surface area (Å²) in [4.78, 5) is 4.65. The molecule has 3 aliphatic heterocycles. The number of hydrogen-bond donors (Lipinski definition) is 1. The van der Waals surface area contributed by atoms with Crippen molar-refractivity contribution < 1.29 is 9.84 Å². The summed E-state index contributed by atoms with van der Waals surface area (Å²) < 4.78 is 7.90. The maximum atomic E-state index is 10.1. The molecule has 2 saturated heterocycles. The predicted molar refractivity (Wildman–Crippen MR) is 141 cm³/mol. The molecule has 1 spiro atoms. The molecule has 1 N–H and O–H groups in total. The van der Waals surface area contributed by atoms with Crippen LogP contribution in [0.15, 0.2) is 31.0 Å². The average molecular weight is 493 g/mol. The Morgan fingerprint density at radius 3 is 2.80 bits per heavy atom. The fourth-order valence-corrected chi connectivity index (χ4v) is 6.77. The van der Waals surface area contributed by atoms with Crippen molar-refractivity contribution in [1.82, 2.24) is 14.7 Å². The summed E-state index contributed by atoms with van der Waals surface area (Å²) in [6, 6.07) is 4.52. The van der Waals surface area contributed by atoms with Gasteiger partial charge >= 0.3 is 0 Å². The van der Waals surface area contributed by atoms with E-state index in [0.717, 1.165) is 72.7 Å². The highest BCUT2D eigenvalue weighted by Crippen LogP contribution is 2.48.